The number of hydrogen-bond donors (Lipinski definition) is 1. The molecule has 0 aliphatic heterocycles. The first-order valence-electron chi connectivity index (χ1n) is 5.67. The Morgan fingerprint density at radius 3 is 2.74 bits per heavy atom. The number of nitrogens with zero attached hydrogens (tertiary/aromatic N) is 2. The summed E-state index contributed by atoms with van der Waals surface area (Å²) in [5.41, 5.74) is 6.51. The molecule has 1 aliphatic rings. The van der Waals surface area contributed by atoms with Crippen LogP contribution in [0.2, 0.25) is 5.02 Å². The summed E-state index contributed by atoms with van der Waals surface area (Å²) in [5.74, 6) is 1.02. The van der Waals surface area contributed by atoms with Gasteiger partial charge in [-0.1, -0.05) is 16.8 Å². The largest absolute Gasteiger partial charge is 0.334 e. The highest BCUT2D eigenvalue weighted by molar-refractivity contribution is 14.1. The molecule has 1 aromatic heterocycles. The van der Waals surface area contributed by atoms with Gasteiger partial charge in [-0.3, -0.25) is 0 Å². The number of rotatable bonds is 2. The van der Waals surface area contributed by atoms with Crippen molar-refractivity contribution in [3.63, 3.8) is 0 Å². The summed E-state index contributed by atoms with van der Waals surface area (Å²) in [6.07, 6.45) is 2.93. The van der Waals surface area contributed by atoms with Crippen molar-refractivity contribution in [2.24, 2.45) is 5.73 Å². The van der Waals surface area contributed by atoms with Crippen LogP contribution in [0.5, 0.6) is 0 Å². The van der Waals surface area contributed by atoms with Gasteiger partial charge in [0.05, 0.1) is 16.1 Å². The molecule has 0 radical (unpaired) electrons. The maximum absolute atomic E-state index is 6.16. The molecule has 2 N–H and O–H groups in total. The average molecular weight is 412 g/mol. The SMILES string of the molecule is Cl.NC1(c2noc(-c3cc(I)ccc3Cl)n2)CCC1. The van der Waals surface area contributed by atoms with E-state index in [9.17, 15) is 0 Å². The summed E-state index contributed by atoms with van der Waals surface area (Å²) in [6.45, 7) is 0. The zero-order valence-corrected chi connectivity index (χ0v) is 13.6. The van der Waals surface area contributed by atoms with E-state index >= 15 is 0 Å². The van der Waals surface area contributed by atoms with Crippen LogP contribution in [0.15, 0.2) is 22.7 Å². The number of hydrogen-bond acceptors (Lipinski definition) is 4. The van der Waals surface area contributed by atoms with Crippen molar-refractivity contribution in [3.05, 3.63) is 32.6 Å². The zero-order chi connectivity index (χ0) is 12.8. The van der Waals surface area contributed by atoms with Crippen LogP contribution in [0.3, 0.4) is 0 Å². The van der Waals surface area contributed by atoms with Gasteiger partial charge in [0.1, 0.15) is 0 Å². The minimum Gasteiger partial charge on any atom is -0.334 e. The van der Waals surface area contributed by atoms with Gasteiger partial charge in [0, 0.05) is 3.57 Å². The molecule has 0 amide bonds. The minimum absolute atomic E-state index is 0. The molecule has 1 aliphatic carbocycles. The van der Waals surface area contributed by atoms with Gasteiger partial charge >= 0.3 is 0 Å². The highest BCUT2D eigenvalue weighted by Gasteiger charge is 2.39. The maximum Gasteiger partial charge on any atom is 0.259 e. The molecular weight excluding hydrogens is 400 g/mol. The quantitative estimate of drug-likeness (QED) is 0.764. The van der Waals surface area contributed by atoms with Gasteiger partial charge in [-0.15, -0.1) is 12.4 Å². The zero-order valence-electron chi connectivity index (χ0n) is 9.90. The van der Waals surface area contributed by atoms with E-state index < -0.39 is 5.54 Å². The Morgan fingerprint density at radius 2 is 2.11 bits per heavy atom. The number of nitrogens with two attached hydrogens (primary N) is 1. The van der Waals surface area contributed by atoms with E-state index in [2.05, 4.69) is 32.7 Å². The molecule has 1 saturated carbocycles. The smallest absolute Gasteiger partial charge is 0.259 e. The van der Waals surface area contributed by atoms with E-state index in [4.69, 9.17) is 21.9 Å². The third kappa shape index (κ3) is 2.74. The average Bonchev–Trinajstić information content (AvgIpc) is 2.79. The first-order valence-corrected chi connectivity index (χ1v) is 7.13. The Labute approximate surface area is 135 Å². The van der Waals surface area contributed by atoms with Crippen molar-refractivity contribution in [1.29, 1.82) is 0 Å². The van der Waals surface area contributed by atoms with Gasteiger partial charge in [0.25, 0.3) is 5.89 Å². The Balaban J connectivity index is 0.00000133. The molecule has 0 saturated heterocycles. The summed E-state index contributed by atoms with van der Waals surface area (Å²) in [7, 11) is 0. The van der Waals surface area contributed by atoms with Gasteiger partial charge in [0.2, 0.25) is 0 Å². The minimum atomic E-state index is -0.407. The van der Waals surface area contributed by atoms with Crippen LogP contribution in [0.4, 0.5) is 0 Å². The van der Waals surface area contributed by atoms with Crippen LogP contribution in [0, 0.1) is 3.57 Å². The molecule has 0 unspecified atom stereocenters. The summed E-state index contributed by atoms with van der Waals surface area (Å²) >= 11 is 8.36. The Morgan fingerprint density at radius 1 is 1.37 bits per heavy atom. The lowest BCUT2D eigenvalue weighted by Gasteiger charge is -2.34. The molecule has 1 fully saturated rings. The molecule has 102 valence electrons. The molecule has 1 heterocycles. The number of halogens is 3. The normalized spacial score (nSPS) is 16.6. The van der Waals surface area contributed by atoms with Crippen LogP contribution in [-0.4, -0.2) is 10.1 Å². The predicted octanol–water partition coefficient (Wildman–Crippen LogP) is 3.75. The predicted molar refractivity (Wildman–Crippen MR) is 84.4 cm³/mol. The Kier molecular flexibility index (Phi) is 4.39. The molecule has 0 atom stereocenters. The van der Waals surface area contributed by atoms with Crippen LogP contribution >= 0.6 is 46.6 Å². The van der Waals surface area contributed by atoms with Crippen LogP contribution in [0.25, 0.3) is 11.5 Å². The molecular formula is C12H12Cl2IN3O. The van der Waals surface area contributed by atoms with Gasteiger partial charge in [0.15, 0.2) is 5.82 Å². The second-order valence-electron chi connectivity index (χ2n) is 4.56. The van der Waals surface area contributed by atoms with E-state index in [-0.39, 0.29) is 12.4 Å². The van der Waals surface area contributed by atoms with Gasteiger partial charge in [-0.25, -0.2) is 0 Å². The Hall–Kier alpha value is -0.370. The highest BCUT2D eigenvalue weighted by Crippen LogP contribution is 2.38. The first-order chi connectivity index (χ1) is 8.58. The van der Waals surface area contributed by atoms with E-state index in [1.807, 2.05) is 18.2 Å². The topological polar surface area (TPSA) is 64.9 Å². The molecule has 4 nitrogen and oxygen atoms in total. The summed E-state index contributed by atoms with van der Waals surface area (Å²) in [5, 5.41) is 4.59. The van der Waals surface area contributed by atoms with Crippen molar-refractivity contribution in [2.75, 3.05) is 0 Å². The summed E-state index contributed by atoms with van der Waals surface area (Å²) in [4.78, 5) is 4.39. The van der Waals surface area contributed by atoms with Crippen molar-refractivity contribution in [1.82, 2.24) is 10.1 Å². The number of benzene rings is 1. The lowest BCUT2D eigenvalue weighted by molar-refractivity contribution is 0.229. The van der Waals surface area contributed by atoms with Crippen molar-refractivity contribution in [3.8, 4) is 11.5 Å². The van der Waals surface area contributed by atoms with Crippen molar-refractivity contribution < 1.29 is 4.52 Å². The standard InChI is InChI=1S/C12H11ClIN3O.ClH/c13-9-3-2-7(14)6-8(9)10-16-11(17-18-10)12(15)4-1-5-12;/h2-3,6H,1,4-5,15H2;1H. The van der Waals surface area contributed by atoms with Crippen LogP contribution in [0.1, 0.15) is 25.1 Å². The summed E-state index contributed by atoms with van der Waals surface area (Å²) in [6, 6.07) is 5.67. The fraction of sp³-hybridized carbons (Fsp3) is 0.333. The monoisotopic (exact) mass is 411 g/mol. The molecule has 7 heteroatoms. The van der Waals surface area contributed by atoms with Gasteiger partial charge in [-0.05, 0) is 60.1 Å². The fourth-order valence-corrected chi connectivity index (χ4v) is 2.67. The molecule has 0 spiro atoms. The van der Waals surface area contributed by atoms with Crippen molar-refractivity contribution in [2.45, 2.75) is 24.8 Å². The highest BCUT2D eigenvalue weighted by atomic mass is 127. The molecule has 1 aromatic carbocycles. The third-order valence-electron chi connectivity index (χ3n) is 3.28. The van der Waals surface area contributed by atoms with Gasteiger partial charge in [-0.2, -0.15) is 4.98 Å². The molecule has 19 heavy (non-hydrogen) atoms. The van der Waals surface area contributed by atoms with E-state index in [0.29, 0.717) is 16.7 Å². The maximum atomic E-state index is 6.16. The first kappa shape index (κ1) is 15.0. The second kappa shape index (κ2) is 5.55. The summed E-state index contributed by atoms with van der Waals surface area (Å²) < 4.78 is 6.35. The lowest BCUT2D eigenvalue weighted by Crippen LogP contribution is -2.44. The lowest BCUT2D eigenvalue weighted by atomic mass is 9.77. The number of aromatic nitrogens is 2. The van der Waals surface area contributed by atoms with Gasteiger partial charge < -0.3 is 10.3 Å². The van der Waals surface area contributed by atoms with Crippen molar-refractivity contribution >= 4 is 46.6 Å². The van der Waals surface area contributed by atoms with Crippen LogP contribution < -0.4 is 5.73 Å². The molecule has 0 bridgehead atoms. The molecule has 2 aromatic rings. The second-order valence-corrected chi connectivity index (χ2v) is 6.21. The van der Waals surface area contributed by atoms with E-state index in [1.54, 1.807) is 0 Å². The van der Waals surface area contributed by atoms with Crippen LogP contribution in [-0.2, 0) is 5.54 Å². The van der Waals surface area contributed by atoms with E-state index in [1.165, 1.54) is 0 Å². The van der Waals surface area contributed by atoms with E-state index in [0.717, 1.165) is 28.4 Å². The third-order valence-corrected chi connectivity index (χ3v) is 4.28. The Bertz CT molecular complexity index is 598. The molecule has 3 rings (SSSR count). The fourth-order valence-electron chi connectivity index (χ4n) is 1.98.